The summed E-state index contributed by atoms with van der Waals surface area (Å²) < 4.78 is 7.12. The second-order valence-corrected chi connectivity index (χ2v) is 5.72. The summed E-state index contributed by atoms with van der Waals surface area (Å²) in [6, 6.07) is 0. The van der Waals surface area contributed by atoms with Gasteiger partial charge in [-0.25, -0.2) is 4.98 Å². The molecule has 0 saturated carbocycles. The van der Waals surface area contributed by atoms with Crippen LogP contribution < -0.4 is 17.0 Å². The molecular weight excluding hydrogens is 316 g/mol. The summed E-state index contributed by atoms with van der Waals surface area (Å²) >= 11 is 0. The zero-order valence-electron chi connectivity index (χ0n) is 13.1. The van der Waals surface area contributed by atoms with Crippen molar-refractivity contribution in [1.29, 1.82) is 0 Å². The Morgan fingerprint density at radius 3 is 2.92 bits per heavy atom. The van der Waals surface area contributed by atoms with Crippen molar-refractivity contribution in [1.82, 2.24) is 19.5 Å². The molecule has 0 bridgehead atoms. The minimum atomic E-state index is -1.52. The Balaban J connectivity index is 2.20. The Morgan fingerprint density at radius 2 is 2.29 bits per heavy atom. The van der Waals surface area contributed by atoms with Gasteiger partial charge >= 0.3 is 0 Å². The normalized spacial score (nSPS) is 31.0. The van der Waals surface area contributed by atoms with Crippen LogP contribution in [0.3, 0.4) is 0 Å². The Morgan fingerprint density at radius 1 is 1.58 bits per heavy atom. The van der Waals surface area contributed by atoms with E-state index in [4.69, 9.17) is 16.2 Å². The quantitative estimate of drug-likeness (QED) is 0.396. The first-order valence-electron chi connectivity index (χ1n) is 7.26. The largest absolute Gasteiger partial charge is 0.391 e. The maximum atomic E-state index is 11.9. The van der Waals surface area contributed by atoms with Crippen molar-refractivity contribution in [2.45, 2.75) is 43.9 Å². The lowest BCUT2D eigenvalue weighted by Gasteiger charge is -2.27. The molecule has 1 aliphatic rings. The Labute approximate surface area is 136 Å². The number of imidazole rings is 1. The number of H-pyrrole nitrogens is 1. The smallest absolute Gasteiger partial charge is 0.280 e. The monoisotopic (exact) mass is 334 g/mol. The van der Waals surface area contributed by atoms with Crippen molar-refractivity contribution in [3.8, 4) is 11.8 Å². The van der Waals surface area contributed by atoms with Gasteiger partial charge in [-0.1, -0.05) is 5.92 Å². The number of aromatic amines is 1. The summed E-state index contributed by atoms with van der Waals surface area (Å²) in [7, 11) is 0. The highest BCUT2D eigenvalue weighted by Crippen LogP contribution is 2.38. The van der Waals surface area contributed by atoms with E-state index >= 15 is 0 Å². The number of aromatic nitrogens is 4. The molecule has 0 amide bonds. The molecule has 3 heterocycles. The molecule has 128 valence electrons. The zero-order chi connectivity index (χ0) is 17.6. The van der Waals surface area contributed by atoms with Crippen LogP contribution in [0.15, 0.2) is 11.1 Å². The second kappa shape index (κ2) is 5.57. The molecule has 24 heavy (non-hydrogen) atoms. The minimum Gasteiger partial charge on any atom is -0.391 e. The number of hydrogen-bond acceptors (Lipinski definition) is 8. The van der Waals surface area contributed by atoms with Gasteiger partial charge in [0.25, 0.3) is 5.56 Å². The van der Waals surface area contributed by atoms with Crippen LogP contribution in [0.4, 0.5) is 5.95 Å². The molecule has 7 N–H and O–H groups in total. The number of nitrogens with zero attached hydrogens (tertiary/aromatic N) is 3. The number of fused-ring (bicyclic) bond motifs is 1. The Kier molecular flexibility index (Phi) is 3.81. The topological polar surface area (TPSA) is 165 Å². The van der Waals surface area contributed by atoms with E-state index in [1.54, 1.807) is 6.92 Å². The number of nitrogens with two attached hydrogens (primary N) is 2. The maximum absolute atomic E-state index is 11.9. The standard InChI is InChI=1S/C14H18N6O4/c1-3-4-14(16)9(22)8(6(2)21)24-12(14)20-5-17-7-10(20)18-13(15)19-11(7)23/h5-6,8-9,12,21-22H,16H2,1-2H3,(H3,15,18,19,23)/t6-,8-,9+,12-,14?/m1/s1. The van der Waals surface area contributed by atoms with E-state index < -0.39 is 35.6 Å². The van der Waals surface area contributed by atoms with Crippen molar-refractivity contribution >= 4 is 17.1 Å². The number of aliphatic hydroxyl groups is 2. The summed E-state index contributed by atoms with van der Waals surface area (Å²) in [6.07, 6.45) is -2.90. The van der Waals surface area contributed by atoms with Gasteiger partial charge in [-0.05, 0) is 13.8 Å². The summed E-state index contributed by atoms with van der Waals surface area (Å²) in [5, 5.41) is 20.3. The van der Waals surface area contributed by atoms with Gasteiger partial charge < -0.3 is 26.4 Å². The van der Waals surface area contributed by atoms with E-state index in [-0.39, 0.29) is 17.1 Å². The fourth-order valence-corrected chi connectivity index (χ4v) is 2.89. The van der Waals surface area contributed by atoms with Gasteiger partial charge in [0, 0.05) is 0 Å². The van der Waals surface area contributed by atoms with Crippen LogP contribution in [0.25, 0.3) is 11.2 Å². The van der Waals surface area contributed by atoms with Gasteiger partial charge in [0.2, 0.25) is 5.95 Å². The van der Waals surface area contributed by atoms with E-state index in [2.05, 4.69) is 26.8 Å². The molecule has 2 aromatic heterocycles. The van der Waals surface area contributed by atoms with Gasteiger partial charge in [0.1, 0.15) is 12.2 Å². The number of rotatable bonds is 2. The molecule has 5 atom stereocenters. The third-order valence-corrected chi connectivity index (χ3v) is 4.02. The molecule has 0 aromatic carbocycles. The first kappa shape index (κ1) is 16.4. The van der Waals surface area contributed by atoms with Crippen LogP contribution in [-0.2, 0) is 4.74 Å². The van der Waals surface area contributed by atoms with Gasteiger partial charge in [0.15, 0.2) is 22.9 Å². The van der Waals surface area contributed by atoms with Crippen LogP contribution in [0.1, 0.15) is 20.1 Å². The first-order valence-corrected chi connectivity index (χ1v) is 7.26. The number of nitrogens with one attached hydrogen (secondary N) is 1. The second-order valence-electron chi connectivity index (χ2n) is 5.72. The molecule has 1 saturated heterocycles. The average molecular weight is 334 g/mol. The van der Waals surface area contributed by atoms with E-state index in [0.29, 0.717) is 0 Å². The maximum Gasteiger partial charge on any atom is 0.280 e. The summed E-state index contributed by atoms with van der Waals surface area (Å²) in [6.45, 7) is 3.05. The molecule has 10 heteroatoms. The van der Waals surface area contributed by atoms with Crippen LogP contribution in [0.5, 0.6) is 0 Å². The fourth-order valence-electron chi connectivity index (χ4n) is 2.89. The summed E-state index contributed by atoms with van der Waals surface area (Å²) in [4.78, 5) is 22.3. The molecule has 2 aromatic rings. The molecule has 0 aliphatic carbocycles. The SMILES string of the molecule is CC#CC1(N)[C@@H](O)[C@@H]([C@@H](C)O)O[C@H]1n1cnc2c(=O)[nH]c(N)nc21. The average Bonchev–Trinajstić information content (AvgIpc) is 3.00. The number of aliphatic hydroxyl groups excluding tert-OH is 2. The third-order valence-electron chi connectivity index (χ3n) is 4.02. The van der Waals surface area contributed by atoms with E-state index in [1.165, 1.54) is 17.8 Å². The van der Waals surface area contributed by atoms with E-state index in [0.717, 1.165) is 0 Å². The van der Waals surface area contributed by atoms with Crippen molar-refractivity contribution in [3.05, 3.63) is 16.7 Å². The summed E-state index contributed by atoms with van der Waals surface area (Å²) in [5.41, 5.74) is 10.0. The lowest BCUT2D eigenvalue weighted by Crippen LogP contribution is -2.54. The molecule has 10 nitrogen and oxygen atoms in total. The zero-order valence-corrected chi connectivity index (χ0v) is 13.1. The van der Waals surface area contributed by atoms with Gasteiger partial charge in [0.05, 0.1) is 12.4 Å². The number of nitrogen functional groups attached to an aromatic ring is 1. The number of hydrogen-bond donors (Lipinski definition) is 5. The van der Waals surface area contributed by atoms with Crippen LogP contribution in [0.2, 0.25) is 0 Å². The highest BCUT2D eigenvalue weighted by atomic mass is 16.5. The van der Waals surface area contributed by atoms with Crippen LogP contribution >= 0.6 is 0 Å². The van der Waals surface area contributed by atoms with E-state index in [9.17, 15) is 15.0 Å². The van der Waals surface area contributed by atoms with Crippen LogP contribution in [-0.4, -0.2) is 53.6 Å². The number of ether oxygens (including phenoxy) is 1. The molecule has 0 spiro atoms. The highest BCUT2D eigenvalue weighted by molar-refractivity contribution is 5.70. The number of anilines is 1. The van der Waals surface area contributed by atoms with Gasteiger partial charge in [-0.2, -0.15) is 4.98 Å². The molecule has 1 aliphatic heterocycles. The van der Waals surface area contributed by atoms with Crippen molar-refractivity contribution in [2.24, 2.45) is 5.73 Å². The molecule has 1 fully saturated rings. The van der Waals surface area contributed by atoms with Crippen molar-refractivity contribution < 1.29 is 14.9 Å². The lowest BCUT2D eigenvalue weighted by molar-refractivity contribution is -0.0756. The molecule has 0 radical (unpaired) electrons. The molecule has 3 rings (SSSR count). The van der Waals surface area contributed by atoms with Gasteiger partial charge in [-0.3, -0.25) is 14.3 Å². The first-order chi connectivity index (χ1) is 11.3. The summed E-state index contributed by atoms with van der Waals surface area (Å²) in [5.74, 6) is 5.30. The van der Waals surface area contributed by atoms with Crippen molar-refractivity contribution in [3.63, 3.8) is 0 Å². The van der Waals surface area contributed by atoms with Crippen LogP contribution in [0, 0.1) is 11.8 Å². The predicted molar refractivity (Wildman–Crippen MR) is 84.5 cm³/mol. The fraction of sp³-hybridized carbons (Fsp3) is 0.500. The van der Waals surface area contributed by atoms with Crippen molar-refractivity contribution in [2.75, 3.05) is 5.73 Å². The van der Waals surface area contributed by atoms with Gasteiger partial charge in [-0.15, -0.1) is 5.92 Å². The minimum absolute atomic E-state index is 0.0506. The lowest BCUT2D eigenvalue weighted by atomic mass is 9.90. The third kappa shape index (κ3) is 2.26. The Hall–Kier alpha value is -2.45. The van der Waals surface area contributed by atoms with E-state index in [1.807, 2.05) is 0 Å². The molecular formula is C14H18N6O4. The molecule has 1 unspecified atom stereocenters. The highest BCUT2D eigenvalue weighted by Gasteiger charge is 2.55. The predicted octanol–water partition coefficient (Wildman–Crippen LogP) is -1.94. The Bertz CT molecular complexity index is 894.